The number of rotatable bonds is 18. The van der Waals surface area contributed by atoms with E-state index in [1.807, 2.05) is 0 Å². The van der Waals surface area contributed by atoms with Gasteiger partial charge in [-0.2, -0.15) is 0 Å². The van der Waals surface area contributed by atoms with Crippen molar-refractivity contribution < 1.29 is 0 Å². The molecule has 0 bridgehead atoms. The summed E-state index contributed by atoms with van der Waals surface area (Å²) in [5.41, 5.74) is 4.41. The zero-order valence-electron chi connectivity index (χ0n) is 18.9. The minimum Gasteiger partial charge on any atom is -0.0654 e. The first-order chi connectivity index (χ1) is 13.3. The van der Waals surface area contributed by atoms with E-state index >= 15 is 0 Å². The van der Waals surface area contributed by atoms with Crippen LogP contribution in [0, 0.1) is 13.0 Å². The summed E-state index contributed by atoms with van der Waals surface area (Å²) in [7, 11) is 0. The van der Waals surface area contributed by atoms with Crippen molar-refractivity contribution in [3.8, 4) is 0 Å². The Bertz CT molecular complexity index is 445. The summed E-state index contributed by atoms with van der Waals surface area (Å²) in [6.45, 7) is 6.78. The van der Waals surface area contributed by atoms with Gasteiger partial charge in [0, 0.05) is 0 Å². The van der Waals surface area contributed by atoms with Crippen LogP contribution < -0.4 is 0 Å². The van der Waals surface area contributed by atoms with Gasteiger partial charge in [0.1, 0.15) is 0 Å². The summed E-state index contributed by atoms with van der Waals surface area (Å²) >= 11 is 0. The van der Waals surface area contributed by atoms with Gasteiger partial charge in [-0.15, -0.1) is 0 Å². The Morgan fingerprint density at radius 1 is 0.556 bits per heavy atom. The number of hydrogen-bond acceptors (Lipinski definition) is 0. The van der Waals surface area contributed by atoms with Gasteiger partial charge in [-0.3, -0.25) is 0 Å². The first kappa shape index (κ1) is 24.3. The highest BCUT2D eigenvalue weighted by atomic mass is 14.1. The lowest BCUT2D eigenvalue weighted by Crippen LogP contribution is -1.97. The van der Waals surface area contributed by atoms with Crippen LogP contribution >= 0.6 is 0 Å². The molecule has 0 aliphatic carbocycles. The molecule has 0 nitrogen and oxygen atoms in total. The normalized spacial score (nSPS) is 11.2. The quantitative estimate of drug-likeness (QED) is 0.226. The Morgan fingerprint density at radius 3 is 1.52 bits per heavy atom. The lowest BCUT2D eigenvalue weighted by Gasteiger charge is -2.11. The number of hydrogen-bond donors (Lipinski definition) is 0. The van der Waals surface area contributed by atoms with E-state index in [0.717, 1.165) is 0 Å². The van der Waals surface area contributed by atoms with Gasteiger partial charge in [-0.1, -0.05) is 116 Å². The molecule has 0 fully saturated rings. The lowest BCUT2D eigenvalue weighted by atomic mass is 9.95. The lowest BCUT2D eigenvalue weighted by molar-refractivity contribution is 0.570. The van der Waals surface area contributed by atoms with Crippen LogP contribution in [0.5, 0.6) is 0 Å². The molecule has 0 saturated heterocycles. The number of unbranched alkanes of at least 4 members (excludes halogenated alkanes) is 14. The van der Waals surface area contributed by atoms with Crippen LogP contribution in [0.4, 0.5) is 0 Å². The first-order valence-corrected chi connectivity index (χ1v) is 12.3. The summed E-state index contributed by atoms with van der Waals surface area (Å²) in [5.74, 6) is 0. The molecule has 0 aliphatic heterocycles. The van der Waals surface area contributed by atoms with Crippen LogP contribution in [0.15, 0.2) is 12.1 Å². The second-order valence-corrected chi connectivity index (χ2v) is 8.59. The van der Waals surface area contributed by atoms with Gasteiger partial charge in [0.05, 0.1) is 0 Å². The van der Waals surface area contributed by atoms with Crippen molar-refractivity contribution in [2.24, 2.45) is 0 Å². The molecule has 0 aromatic heterocycles. The molecule has 0 unspecified atom stereocenters. The van der Waals surface area contributed by atoms with Gasteiger partial charge in [-0.25, -0.2) is 0 Å². The van der Waals surface area contributed by atoms with Crippen molar-refractivity contribution in [1.29, 1.82) is 0 Å². The van der Waals surface area contributed by atoms with Gasteiger partial charge >= 0.3 is 0 Å². The molecule has 0 aliphatic rings. The maximum atomic E-state index is 3.67. The van der Waals surface area contributed by atoms with Crippen molar-refractivity contribution in [3.63, 3.8) is 0 Å². The SMILES string of the molecule is CCCCCCCCCCc1[c]c(C)ccc1CCCCCCCCCC. The highest BCUT2D eigenvalue weighted by Crippen LogP contribution is 2.19. The van der Waals surface area contributed by atoms with Crippen LogP contribution in [-0.2, 0) is 12.8 Å². The Labute approximate surface area is 171 Å². The third-order valence-electron chi connectivity index (χ3n) is 5.85. The van der Waals surface area contributed by atoms with Crippen LogP contribution in [0.25, 0.3) is 0 Å². The summed E-state index contributed by atoms with van der Waals surface area (Å²) in [6, 6.07) is 8.31. The maximum Gasteiger partial charge on any atom is -0.0114 e. The molecule has 0 N–H and O–H groups in total. The molecule has 1 aromatic carbocycles. The summed E-state index contributed by atoms with van der Waals surface area (Å²) < 4.78 is 0. The van der Waals surface area contributed by atoms with Crippen molar-refractivity contribution in [2.75, 3.05) is 0 Å². The number of aryl methyl sites for hydroxylation is 3. The molecular weight excluding hydrogens is 324 g/mol. The van der Waals surface area contributed by atoms with E-state index in [1.54, 1.807) is 5.56 Å². The highest BCUT2D eigenvalue weighted by Gasteiger charge is 2.04. The van der Waals surface area contributed by atoms with E-state index in [0.29, 0.717) is 0 Å². The fourth-order valence-corrected chi connectivity index (χ4v) is 4.03. The smallest absolute Gasteiger partial charge is 0.0114 e. The molecule has 27 heavy (non-hydrogen) atoms. The molecule has 0 saturated carbocycles. The van der Waals surface area contributed by atoms with Crippen molar-refractivity contribution in [3.05, 3.63) is 34.9 Å². The second kappa shape index (κ2) is 17.3. The Hall–Kier alpha value is -0.780. The van der Waals surface area contributed by atoms with Crippen LogP contribution in [-0.4, -0.2) is 0 Å². The van der Waals surface area contributed by atoms with E-state index in [9.17, 15) is 0 Å². The Kier molecular flexibility index (Phi) is 15.6. The average molecular weight is 372 g/mol. The van der Waals surface area contributed by atoms with E-state index in [2.05, 4.69) is 39.0 Å². The predicted octanol–water partition coefficient (Wildman–Crippen LogP) is 9.16. The van der Waals surface area contributed by atoms with Crippen molar-refractivity contribution in [1.82, 2.24) is 0 Å². The van der Waals surface area contributed by atoms with Gasteiger partial charge in [0.25, 0.3) is 0 Å². The van der Waals surface area contributed by atoms with Crippen LogP contribution in [0.1, 0.15) is 133 Å². The van der Waals surface area contributed by atoms with E-state index in [1.165, 1.54) is 127 Å². The Balaban J connectivity index is 2.19. The molecule has 1 rings (SSSR count). The highest BCUT2D eigenvalue weighted by molar-refractivity contribution is 5.30. The zero-order valence-corrected chi connectivity index (χ0v) is 18.9. The Morgan fingerprint density at radius 2 is 1.00 bits per heavy atom. The van der Waals surface area contributed by atoms with Crippen molar-refractivity contribution in [2.45, 2.75) is 136 Å². The molecule has 0 heterocycles. The largest absolute Gasteiger partial charge is 0.0654 e. The molecular formula is C27H47. The fourth-order valence-electron chi connectivity index (χ4n) is 4.03. The van der Waals surface area contributed by atoms with Gasteiger partial charge in [-0.05, 0) is 55.4 Å². The molecule has 0 heteroatoms. The minimum absolute atomic E-state index is 1.24. The predicted molar refractivity (Wildman–Crippen MR) is 123 cm³/mol. The molecule has 1 aromatic rings. The van der Waals surface area contributed by atoms with Gasteiger partial charge in [0.2, 0.25) is 0 Å². The maximum absolute atomic E-state index is 3.67. The van der Waals surface area contributed by atoms with Crippen molar-refractivity contribution >= 4 is 0 Å². The topological polar surface area (TPSA) is 0 Å². The molecule has 0 amide bonds. The molecule has 0 atom stereocenters. The monoisotopic (exact) mass is 371 g/mol. The molecule has 155 valence electrons. The van der Waals surface area contributed by atoms with Gasteiger partial charge < -0.3 is 0 Å². The number of benzene rings is 1. The average Bonchev–Trinajstić information content (AvgIpc) is 2.67. The summed E-state index contributed by atoms with van der Waals surface area (Å²) in [6.07, 6.45) is 25.0. The third-order valence-corrected chi connectivity index (χ3v) is 5.85. The van der Waals surface area contributed by atoms with Crippen LogP contribution in [0.2, 0.25) is 0 Å². The molecule has 1 radical (unpaired) electrons. The molecule has 0 spiro atoms. The standard InChI is InChI=1S/C27H47/c1-4-6-8-10-12-14-16-18-20-26-23-22-25(3)24-27(26)21-19-17-15-13-11-9-7-5-2/h22-23H,4-21H2,1-3H3. The van der Waals surface area contributed by atoms with E-state index in [4.69, 9.17) is 0 Å². The summed E-state index contributed by atoms with van der Waals surface area (Å²) in [4.78, 5) is 0. The first-order valence-electron chi connectivity index (χ1n) is 12.3. The zero-order chi connectivity index (χ0) is 19.6. The third kappa shape index (κ3) is 13.1. The fraction of sp³-hybridized carbons (Fsp3) is 0.778. The second-order valence-electron chi connectivity index (χ2n) is 8.59. The van der Waals surface area contributed by atoms with Gasteiger partial charge in [0.15, 0.2) is 0 Å². The van der Waals surface area contributed by atoms with Crippen LogP contribution in [0.3, 0.4) is 0 Å². The van der Waals surface area contributed by atoms with E-state index < -0.39 is 0 Å². The summed E-state index contributed by atoms with van der Waals surface area (Å²) in [5, 5.41) is 0. The minimum atomic E-state index is 1.24. The van der Waals surface area contributed by atoms with E-state index in [-0.39, 0.29) is 0 Å².